The normalized spacial score (nSPS) is 10.7. The van der Waals surface area contributed by atoms with E-state index in [1.165, 1.54) is 11.3 Å². The lowest BCUT2D eigenvalue weighted by atomic mass is 10.2. The zero-order chi connectivity index (χ0) is 16.8. The molecule has 0 saturated carbocycles. The van der Waals surface area contributed by atoms with Gasteiger partial charge in [-0.15, -0.1) is 10.2 Å². The number of carbonyl (C=O) groups is 1. The summed E-state index contributed by atoms with van der Waals surface area (Å²) < 4.78 is 11.3. The van der Waals surface area contributed by atoms with E-state index in [0.717, 1.165) is 21.4 Å². The summed E-state index contributed by atoms with van der Waals surface area (Å²) >= 11 is 2.91. The topological polar surface area (TPSA) is 73.3 Å². The molecule has 8 heteroatoms. The van der Waals surface area contributed by atoms with Crippen LogP contribution in [0.5, 0.6) is 11.5 Å². The Morgan fingerprint density at radius 1 is 1.22 bits per heavy atom. The Hall–Kier alpha value is -1.80. The van der Waals surface area contributed by atoms with Crippen LogP contribution in [0.1, 0.15) is 19.4 Å². The van der Waals surface area contributed by atoms with Crippen molar-refractivity contribution >= 4 is 34.1 Å². The maximum absolute atomic E-state index is 11.6. The fourth-order valence-corrected chi connectivity index (χ4v) is 3.35. The van der Waals surface area contributed by atoms with Crippen molar-refractivity contribution in [2.75, 3.05) is 19.5 Å². The van der Waals surface area contributed by atoms with Crippen molar-refractivity contribution < 1.29 is 14.3 Å². The number of hydrogen-bond acceptors (Lipinski definition) is 7. The lowest BCUT2D eigenvalue weighted by Crippen LogP contribution is -2.17. The molecule has 0 bridgehead atoms. The van der Waals surface area contributed by atoms with E-state index in [0.29, 0.717) is 10.9 Å². The number of rotatable bonds is 7. The largest absolute Gasteiger partial charge is 0.497 e. The molecule has 0 atom stereocenters. The molecule has 0 fully saturated rings. The van der Waals surface area contributed by atoms with Gasteiger partial charge in [0.1, 0.15) is 11.5 Å². The summed E-state index contributed by atoms with van der Waals surface area (Å²) in [5.41, 5.74) is 1.06. The number of methoxy groups -OCH3 is 2. The average Bonchev–Trinajstić information content (AvgIpc) is 2.99. The van der Waals surface area contributed by atoms with Gasteiger partial charge >= 0.3 is 0 Å². The van der Waals surface area contributed by atoms with Gasteiger partial charge in [-0.05, 0) is 17.7 Å². The Morgan fingerprint density at radius 3 is 2.43 bits per heavy atom. The standard InChI is InChI=1S/C15H19N3O3S2/c1-9(2)13(19)16-14-17-18-15(23-14)22-8-10-5-11(20-3)7-12(6-10)21-4/h5-7,9H,8H2,1-4H3,(H,16,17,19). The van der Waals surface area contributed by atoms with E-state index in [9.17, 15) is 4.79 Å². The van der Waals surface area contributed by atoms with Gasteiger partial charge in [0.15, 0.2) is 4.34 Å². The number of aromatic nitrogens is 2. The molecule has 1 amide bonds. The van der Waals surface area contributed by atoms with Crippen molar-refractivity contribution in [1.29, 1.82) is 0 Å². The second-order valence-corrected chi connectivity index (χ2v) is 7.23. The summed E-state index contributed by atoms with van der Waals surface area (Å²) in [5, 5.41) is 11.3. The molecule has 0 aliphatic rings. The van der Waals surface area contributed by atoms with Crippen LogP contribution in [-0.4, -0.2) is 30.3 Å². The summed E-state index contributed by atoms with van der Waals surface area (Å²) in [5.74, 6) is 2.07. The monoisotopic (exact) mass is 353 g/mol. The number of nitrogens with one attached hydrogen (secondary N) is 1. The van der Waals surface area contributed by atoms with Gasteiger partial charge in [0.05, 0.1) is 14.2 Å². The molecule has 1 heterocycles. The third-order valence-electron chi connectivity index (χ3n) is 2.93. The second-order valence-electron chi connectivity index (χ2n) is 5.03. The molecule has 1 aromatic carbocycles. The number of nitrogens with zero attached hydrogens (tertiary/aromatic N) is 2. The third kappa shape index (κ3) is 5.11. The number of thioether (sulfide) groups is 1. The number of hydrogen-bond donors (Lipinski definition) is 1. The van der Waals surface area contributed by atoms with E-state index in [1.807, 2.05) is 32.0 Å². The van der Waals surface area contributed by atoms with Gasteiger partial charge < -0.3 is 14.8 Å². The molecule has 6 nitrogen and oxygen atoms in total. The van der Waals surface area contributed by atoms with E-state index < -0.39 is 0 Å². The second kappa shape index (κ2) is 8.16. The SMILES string of the molecule is COc1cc(CSc2nnc(NC(=O)C(C)C)s2)cc(OC)c1. The molecule has 124 valence electrons. The smallest absolute Gasteiger partial charge is 0.228 e. The fraction of sp³-hybridized carbons (Fsp3) is 0.400. The molecule has 0 aliphatic heterocycles. The minimum absolute atomic E-state index is 0.0600. The highest BCUT2D eigenvalue weighted by molar-refractivity contribution is 8.00. The summed E-state index contributed by atoms with van der Waals surface area (Å²) in [6.07, 6.45) is 0. The number of ether oxygens (including phenoxy) is 2. The predicted molar refractivity (Wildman–Crippen MR) is 92.5 cm³/mol. The van der Waals surface area contributed by atoms with Gasteiger partial charge in [0, 0.05) is 17.7 Å². The summed E-state index contributed by atoms with van der Waals surface area (Å²) in [6, 6.07) is 5.74. The van der Waals surface area contributed by atoms with Gasteiger partial charge in [-0.3, -0.25) is 4.79 Å². The van der Waals surface area contributed by atoms with Crippen molar-refractivity contribution in [3.05, 3.63) is 23.8 Å². The van der Waals surface area contributed by atoms with E-state index in [4.69, 9.17) is 9.47 Å². The highest BCUT2D eigenvalue weighted by Crippen LogP contribution is 2.31. The third-order valence-corrected chi connectivity index (χ3v) is 4.98. The van der Waals surface area contributed by atoms with Crippen LogP contribution >= 0.6 is 23.1 Å². The van der Waals surface area contributed by atoms with Gasteiger partial charge in [-0.1, -0.05) is 36.9 Å². The van der Waals surface area contributed by atoms with Crippen molar-refractivity contribution in [3.63, 3.8) is 0 Å². The van der Waals surface area contributed by atoms with Crippen LogP contribution in [0.15, 0.2) is 22.5 Å². The van der Waals surface area contributed by atoms with Gasteiger partial charge in [-0.2, -0.15) is 0 Å². The number of anilines is 1. The van der Waals surface area contributed by atoms with E-state index >= 15 is 0 Å². The number of carbonyl (C=O) groups excluding carboxylic acids is 1. The van der Waals surface area contributed by atoms with Gasteiger partial charge in [0.25, 0.3) is 0 Å². The highest BCUT2D eigenvalue weighted by atomic mass is 32.2. The van der Waals surface area contributed by atoms with Crippen molar-refractivity contribution in [2.24, 2.45) is 5.92 Å². The highest BCUT2D eigenvalue weighted by Gasteiger charge is 2.12. The van der Waals surface area contributed by atoms with E-state index in [-0.39, 0.29) is 11.8 Å². The summed E-state index contributed by atoms with van der Waals surface area (Å²) in [7, 11) is 3.25. The molecule has 0 unspecified atom stereocenters. The lowest BCUT2D eigenvalue weighted by molar-refractivity contribution is -0.118. The molecule has 1 aromatic heterocycles. The van der Waals surface area contributed by atoms with Crippen molar-refractivity contribution in [2.45, 2.75) is 23.9 Å². The van der Waals surface area contributed by atoms with Crippen LogP contribution in [0.4, 0.5) is 5.13 Å². The van der Waals surface area contributed by atoms with Gasteiger partial charge in [0.2, 0.25) is 11.0 Å². The molecule has 0 radical (unpaired) electrons. The first kappa shape index (κ1) is 17.6. The van der Waals surface area contributed by atoms with E-state index in [1.54, 1.807) is 26.0 Å². The molecule has 1 N–H and O–H groups in total. The zero-order valence-electron chi connectivity index (χ0n) is 13.5. The molecule has 2 aromatic rings. The molecule has 23 heavy (non-hydrogen) atoms. The Kier molecular flexibility index (Phi) is 6.23. The average molecular weight is 353 g/mol. The van der Waals surface area contributed by atoms with Crippen LogP contribution in [0.3, 0.4) is 0 Å². The van der Waals surface area contributed by atoms with Crippen LogP contribution in [0, 0.1) is 5.92 Å². The maximum Gasteiger partial charge on any atom is 0.228 e. The maximum atomic E-state index is 11.6. The number of benzene rings is 1. The van der Waals surface area contributed by atoms with Crippen LogP contribution in [-0.2, 0) is 10.5 Å². The quantitative estimate of drug-likeness (QED) is 0.607. The molecular formula is C15H19N3O3S2. The first-order valence-corrected chi connectivity index (χ1v) is 8.81. The van der Waals surface area contributed by atoms with Crippen LogP contribution in [0.25, 0.3) is 0 Å². The molecule has 0 aliphatic carbocycles. The zero-order valence-corrected chi connectivity index (χ0v) is 15.1. The Balaban J connectivity index is 1.98. The van der Waals surface area contributed by atoms with Crippen molar-refractivity contribution in [3.8, 4) is 11.5 Å². The van der Waals surface area contributed by atoms with Crippen LogP contribution < -0.4 is 14.8 Å². The first-order valence-electron chi connectivity index (χ1n) is 7.01. The summed E-state index contributed by atoms with van der Waals surface area (Å²) in [6.45, 7) is 3.67. The lowest BCUT2D eigenvalue weighted by Gasteiger charge is -2.07. The Bertz CT molecular complexity index is 651. The van der Waals surface area contributed by atoms with E-state index in [2.05, 4.69) is 15.5 Å². The minimum Gasteiger partial charge on any atom is -0.497 e. The molecular weight excluding hydrogens is 334 g/mol. The Morgan fingerprint density at radius 2 is 1.87 bits per heavy atom. The predicted octanol–water partition coefficient (Wildman–Crippen LogP) is 3.44. The first-order chi connectivity index (χ1) is 11.0. The molecule has 2 rings (SSSR count). The van der Waals surface area contributed by atoms with Gasteiger partial charge in [-0.25, -0.2) is 0 Å². The fourth-order valence-electron chi connectivity index (χ4n) is 1.66. The minimum atomic E-state index is -0.0840. The summed E-state index contributed by atoms with van der Waals surface area (Å²) in [4.78, 5) is 11.6. The molecule has 0 saturated heterocycles. The number of amides is 1. The Labute approximate surface area is 143 Å². The molecule has 0 spiro atoms. The van der Waals surface area contributed by atoms with Crippen molar-refractivity contribution in [1.82, 2.24) is 10.2 Å². The van der Waals surface area contributed by atoms with Crippen LogP contribution in [0.2, 0.25) is 0 Å².